The highest BCUT2D eigenvalue weighted by molar-refractivity contribution is 6.31. The minimum Gasteiger partial charge on any atom is -0.487 e. The number of aromatic nitrogens is 1. The van der Waals surface area contributed by atoms with E-state index in [1.165, 1.54) is 6.20 Å². The molecule has 0 radical (unpaired) electrons. The predicted molar refractivity (Wildman–Crippen MR) is 177 cm³/mol. The number of nitrogens with one attached hydrogen (secondary N) is 1. The molecule has 6 unspecified atom stereocenters. The Labute approximate surface area is 285 Å². The van der Waals surface area contributed by atoms with Crippen molar-refractivity contribution in [1.29, 1.82) is 0 Å². The number of amides is 1. The Kier molecular flexibility index (Phi) is 10.0. The minimum absolute atomic E-state index is 0.0969. The molecule has 1 amide bonds. The third-order valence-corrected chi connectivity index (χ3v) is 8.91. The summed E-state index contributed by atoms with van der Waals surface area (Å²) in [4.78, 5) is 18.7. The van der Waals surface area contributed by atoms with Crippen LogP contribution in [0.3, 0.4) is 0 Å². The number of aliphatic hydroxyl groups excluding tert-OH is 4. The number of hydrogen-bond donors (Lipinski definition) is 7. The van der Waals surface area contributed by atoms with Gasteiger partial charge in [-0.2, -0.15) is 0 Å². The highest BCUT2D eigenvalue weighted by Crippen LogP contribution is 2.40. The second kappa shape index (κ2) is 14.2. The van der Waals surface area contributed by atoms with Crippen molar-refractivity contribution in [3.05, 3.63) is 105 Å². The summed E-state index contributed by atoms with van der Waals surface area (Å²) in [6.45, 7) is -0.292. The Hall–Kier alpha value is -4.05. The number of nitrogens with two attached hydrogens (primary N) is 2. The van der Waals surface area contributed by atoms with E-state index in [9.17, 15) is 25.2 Å². The first-order chi connectivity index (χ1) is 23.0. The summed E-state index contributed by atoms with van der Waals surface area (Å²) in [5.41, 5.74) is 9.89. The molecule has 3 aromatic carbocycles. The Balaban J connectivity index is 1.20. The van der Waals surface area contributed by atoms with Gasteiger partial charge >= 0.3 is 6.09 Å². The number of rotatable bonds is 8. The first-order valence-corrected chi connectivity index (χ1v) is 15.9. The summed E-state index contributed by atoms with van der Waals surface area (Å²) >= 11 is 12.3. The monoisotopic (exact) mass is 699 g/mol. The molecule has 15 heteroatoms. The summed E-state index contributed by atoms with van der Waals surface area (Å²) < 4.78 is 17.0. The third-order valence-electron chi connectivity index (χ3n) is 8.42. The Morgan fingerprint density at radius 2 is 1.69 bits per heavy atom. The fourth-order valence-electron chi connectivity index (χ4n) is 6.01. The van der Waals surface area contributed by atoms with Crippen LogP contribution in [0.4, 0.5) is 4.79 Å². The molecule has 13 nitrogen and oxygen atoms in total. The number of ether oxygens (including phenoxy) is 3. The zero-order chi connectivity index (χ0) is 34.1. The van der Waals surface area contributed by atoms with E-state index in [-0.39, 0.29) is 12.3 Å². The molecule has 0 bridgehead atoms. The highest BCUT2D eigenvalue weighted by atomic mass is 35.5. The van der Waals surface area contributed by atoms with Gasteiger partial charge in [0.15, 0.2) is 6.23 Å². The van der Waals surface area contributed by atoms with Gasteiger partial charge in [0, 0.05) is 39.4 Å². The van der Waals surface area contributed by atoms with Crippen molar-refractivity contribution in [2.75, 3.05) is 19.8 Å². The van der Waals surface area contributed by atoms with Crippen molar-refractivity contribution in [2.24, 2.45) is 11.6 Å². The first-order valence-electron chi connectivity index (χ1n) is 15.1. The number of hydrazine groups is 1. The molecule has 1 saturated heterocycles. The van der Waals surface area contributed by atoms with Gasteiger partial charge in [-0.3, -0.25) is 9.91 Å². The fraction of sp³-hybridized carbons (Fsp3) is 0.303. The van der Waals surface area contributed by atoms with Gasteiger partial charge in [0.1, 0.15) is 48.6 Å². The molecule has 9 N–H and O–H groups in total. The summed E-state index contributed by atoms with van der Waals surface area (Å²) in [6, 6.07) is 18.9. The Morgan fingerprint density at radius 3 is 2.40 bits per heavy atom. The number of fused-ring (bicyclic) bond motifs is 3. The predicted octanol–water partition coefficient (Wildman–Crippen LogP) is 2.78. The maximum absolute atomic E-state index is 13.6. The molecule has 1 aromatic heterocycles. The standard InChI is InChI=1S/C33H35Cl2N5O8/c34-18-3-8-22(9-4-18)47-33(45)39-12-11-23-24-13-19(35)5-10-25(24)38-27(23)28(39)17-1-6-21(7-2-17)46-16-20(36)14-40(37)32-31(44)30(43)29(42)26(15-41)48-32/h1-10,13-14,26,28-32,38,41-44H,11-12,15-16,36-37H2/b20-14-. The van der Waals surface area contributed by atoms with Crippen LogP contribution in [0, 0.1) is 0 Å². The number of H-pyrrole nitrogens is 1. The largest absolute Gasteiger partial charge is 0.487 e. The number of hydrogen-bond acceptors (Lipinski definition) is 11. The number of carbonyl (C=O) groups is 1. The smallest absolute Gasteiger partial charge is 0.416 e. The Bertz CT molecular complexity index is 1790. The fourth-order valence-corrected chi connectivity index (χ4v) is 6.31. The van der Waals surface area contributed by atoms with Crippen LogP contribution in [0.25, 0.3) is 10.9 Å². The van der Waals surface area contributed by atoms with Gasteiger partial charge in [0.25, 0.3) is 0 Å². The lowest BCUT2D eigenvalue weighted by atomic mass is 9.92. The van der Waals surface area contributed by atoms with Crippen molar-refractivity contribution >= 4 is 40.2 Å². The molecule has 3 heterocycles. The zero-order valence-corrected chi connectivity index (χ0v) is 27.0. The van der Waals surface area contributed by atoms with E-state index in [0.717, 1.165) is 32.7 Å². The van der Waals surface area contributed by atoms with Gasteiger partial charge in [-0.05, 0) is 72.1 Å². The number of carbonyl (C=O) groups excluding carboxylic acids is 1. The molecular formula is C33H35Cl2N5O8. The summed E-state index contributed by atoms with van der Waals surface area (Å²) in [6.07, 6.45) is -5.74. The van der Waals surface area contributed by atoms with Crippen LogP contribution in [-0.2, 0) is 11.2 Å². The Morgan fingerprint density at radius 1 is 1.00 bits per heavy atom. The van der Waals surface area contributed by atoms with Gasteiger partial charge in [0.2, 0.25) is 0 Å². The van der Waals surface area contributed by atoms with E-state index in [2.05, 4.69) is 4.98 Å². The lowest BCUT2D eigenvalue weighted by molar-refractivity contribution is -0.259. The van der Waals surface area contributed by atoms with E-state index in [1.807, 2.05) is 30.3 Å². The molecule has 4 aromatic rings. The van der Waals surface area contributed by atoms with Crippen molar-refractivity contribution in [3.63, 3.8) is 0 Å². The number of benzene rings is 3. The molecule has 0 aliphatic carbocycles. The number of aliphatic hydroxyl groups is 4. The van der Waals surface area contributed by atoms with Gasteiger partial charge in [0.05, 0.1) is 12.3 Å². The summed E-state index contributed by atoms with van der Waals surface area (Å²) in [5, 5.41) is 42.9. The molecule has 254 valence electrons. The van der Waals surface area contributed by atoms with Crippen LogP contribution in [0.2, 0.25) is 10.0 Å². The van der Waals surface area contributed by atoms with Gasteiger partial charge in [-0.15, -0.1) is 0 Å². The molecule has 6 rings (SSSR count). The average Bonchev–Trinajstić information content (AvgIpc) is 3.45. The van der Waals surface area contributed by atoms with E-state index in [4.69, 9.17) is 49.0 Å². The van der Waals surface area contributed by atoms with E-state index >= 15 is 0 Å². The molecule has 1 fully saturated rings. The molecule has 2 aliphatic rings. The number of halogens is 2. The van der Waals surface area contributed by atoms with Crippen molar-refractivity contribution in [1.82, 2.24) is 14.9 Å². The second-order valence-corrected chi connectivity index (χ2v) is 12.5. The lowest BCUT2D eigenvalue weighted by Crippen LogP contribution is -2.63. The summed E-state index contributed by atoms with van der Waals surface area (Å²) in [5.74, 6) is 6.85. The third kappa shape index (κ3) is 6.90. The van der Waals surface area contributed by atoms with E-state index in [0.29, 0.717) is 34.5 Å². The SMILES string of the molecule is N/C(=C\N(N)C1OC(CO)C(O)C(O)C1O)COc1ccc(C2c3[nH]c4ccc(Cl)cc4c3CCN2C(=O)Oc2ccc(Cl)cc2)cc1. The van der Waals surface area contributed by atoms with Gasteiger partial charge < -0.3 is 45.4 Å². The van der Waals surface area contributed by atoms with Crippen LogP contribution in [0.1, 0.15) is 22.9 Å². The van der Waals surface area contributed by atoms with Crippen molar-refractivity contribution < 1.29 is 39.4 Å². The molecule has 0 saturated carbocycles. The van der Waals surface area contributed by atoms with Crippen molar-refractivity contribution in [3.8, 4) is 11.5 Å². The van der Waals surface area contributed by atoms with E-state index < -0.39 is 49.4 Å². The maximum atomic E-state index is 13.6. The van der Waals surface area contributed by atoms with Gasteiger partial charge in [-0.25, -0.2) is 10.6 Å². The maximum Gasteiger partial charge on any atom is 0.416 e. The molecular weight excluding hydrogens is 665 g/mol. The number of nitrogens with zero attached hydrogens (tertiary/aromatic N) is 2. The van der Waals surface area contributed by atoms with Gasteiger partial charge in [-0.1, -0.05) is 35.3 Å². The lowest BCUT2D eigenvalue weighted by Gasteiger charge is -2.42. The highest BCUT2D eigenvalue weighted by Gasteiger charge is 2.45. The quantitative estimate of drug-likeness (QED) is 0.105. The number of aromatic amines is 1. The minimum atomic E-state index is -1.59. The first kappa shape index (κ1) is 33.8. The summed E-state index contributed by atoms with van der Waals surface area (Å²) in [7, 11) is 0. The van der Waals surface area contributed by atoms with Crippen LogP contribution >= 0.6 is 23.2 Å². The van der Waals surface area contributed by atoms with Crippen LogP contribution in [0.15, 0.2) is 78.6 Å². The zero-order valence-electron chi connectivity index (χ0n) is 25.4. The molecule has 0 spiro atoms. The van der Waals surface area contributed by atoms with Crippen LogP contribution < -0.4 is 21.1 Å². The van der Waals surface area contributed by atoms with Crippen LogP contribution in [0.5, 0.6) is 11.5 Å². The van der Waals surface area contributed by atoms with Crippen molar-refractivity contribution in [2.45, 2.75) is 43.1 Å². The molecule has 6 atom stereocenters. The van der Waals surface area contributed by atoms with E-state index in [1.54, 1.807) is 41.3 Å². The topological polar surface area (TPSA) is 200 Å². The average molecular weight is 701 g/mol. The van der Waals surface area contributed by atoms with Crippen LogP contribution in [-0.4, -0.2) is 91.8 Å². The normalized spacial score (nSPS) is 24.3. The molecule has 2 aliphatic heterocycles. The molecule has 48 heavy (non-hydrogen) atoms. The second-order valence-electron chi connectivity index (χ2n) is 11.6.